The summed E-state index contributed by atoms with van der Waals surface area (Å²) in [5, 5.41) is 5.85. The molecule has 0 saturated heterocycles. The van der Waals surface area contributed by atoms with Crippen molar-refractivity contribution in [1.82, 2.24) is 4.98 Å². The molecule has 3 aromatic rings. The summed E-state index contributed by atoms with van der Waals surface area (Å²) in [4.78, 5) is 31.9. The molecule has 1 aliphatic heterocycles. The van der Waals surface area contributed by atoms with Gasteiger partial charge in [0.05, 0.1) is 23.0 Å². The van der Waals surface area contributed by atoms with E-state index in [1.54, 1.807) is 25.4 Å². The van der Waals surface area contributed by atoms with E-state index in [1.165, 1.54) is 4.90 Å². The third-order valence-electron chi connectivity index (χ3n) is 5.29. The Morgan fingerprint density at radius 3 is 2.81 bits per heavy atom. The Balaban J connectivity index is 1.59. The minimum Gasteiger partial charge on any atom is -0.482 e. The third-order valence-corrected chi connectivity index (χ3v) is 6.20. The van der Waals surface area contributed by atoms with Crippen LogP contribution in [0.1, 0.15) is 17.5 Å². The molecular formula is C24H25N3O4S. The van der Waals surface area contributed by atoms with Crippen LogP contribution >= 0.6 is 11.3 Å². The molecule has 32 heavy (non-hydrogen) atoms. The van der Waals surface area contributed by atoms with Gasteiger partial charge < -0.3 is 14.8 Å². The number of methoxy groups -OCH3 is 1. The van der Waals surface area contributed by atoms with Crippen LogP contribution in [0.25, 0.3) is 11.3 Å². The van der Waals surface area contributed by atoms with Gasteiger partial charge in [0.2, 0.25) is 5.91 Å². The first kappa shape index (κ1) is 22.0. The number of carbonyl (C=O) groups excluding carboxylic acids is 2. The molecule has 0 bridgehead atoms. The van der Waals surface area contributed by atoms with E-state index in [0.29, 0.717) is 23.7 Å². The Morgan fingerprint density at radius 2 is 2.06 bits per heavy atom. The van der Waals surface area contributed by atoms with E-state index in [1.807, 2.05) is 54.8 Å². The first-order valence-electron chi connectivity index (χ1n) is 10.4. The molecule has 1 aromatic heterocycles. The van der Waals surface area contributed by atoms with Gasteiger partial charge in [-0.3, -0.25) is 14.5 Å². The SMILES string of the molecule is COCCc1nc(-c2ccc3c(c2)N(C(C)C(=O)Nc2ccc(C)cc2)C(=O)CO3)cs1. The van der Waals surface area contributed by atoms with Crippen molar-refractivity contribution in [2.24, 2.45) is 0 Å². The fourth-order valence-electron chi connectivity index (χ4n) is 3.50. The zero-order chi connectivity index (χ0) is 22.7. The van der Waals surface area contributed by atoms with Gasteiger partial charge in [-0.25, -0.2) is 4.98 Å². The van der Waals surface area contributed by atoms with Crippen molar-refractivity contribution >= 4 is 34.5 Å². The minimum absolute atomic E-state index is 0.105. The summed E-state index contributed by atoms with van der Waals surface area (Å²) in [5.74, 6) is 0.0365. The molecule has 166 valence electrons. The second-order valence-electron chi connectivity index (χ2n) is 7.64. The fourth-order valence-corrected chi connectivity index (χ4v) is 4.29. The van der Waals surface area contributed by atoms with E-state index in [-0.39, 0.29) is 18.4 Å². The van der Waals surface area contributed by atoms with Crippen molar-refractivity contribution in [1.29, 1.82) is 0 Å². The van der Waals surface area contributed by atoms with E-state index in [4.69, 9.17) is 9.47 Å². The van der Waals surface area contributed by atoms with Gasteiger partial charge in [0.15, 0.2) is 6.61 Å². The standard InChI is InChI=1S/C24H25N3O4S/c1-15-4-7-18(8-5-15)25-24(29)16(2)27-20-12-17(6-9-21(20)31-13-23(27)28)19-14-32-22(26-19)10-11-30-3/h4-9,12,14,16H,10-11,13H2,1-3H3,(H,25,29). The van der Waals surface area contributed by atoms with Crippen molar-refractivity contribution in [2.75, 3.05) is 30.5 Å². The van der Waals surface area contributed by atoms with E-state index >= 15 is 0 Å². The molecule has 2 aromatic carbocycles. The van der Waals surface area contributed by atoms with Crippen LogP contribution in [0.4, 0.5) is 11.4 Å². The number of fused-ring (bicyclic) bond motifs is 1. The molecule has 7 nitrogen and oxygen atoms in total. The number of aryl methyl sites for hydroxylation is 1. The molecule has 2 heterocycles. The van der Waals surface area contributed by atoms with Gasteiger partial charge in [-0.2, -0.15) is 0 Å². The summed E-state index contributed by atoms with van der Waals surface area (Å²) in [6, 6.07) is 12.4. The van der Waals surface area contributed by atoms with Crippen molar-refractivity contribution in [3.8, 4) is 17.0 Å². The zero-order valence-corrected chi connectivity index (χ0v) is 19.1. The lowest BCUT2D eigenvalue weighted by Crippen LogP contribution is -2.49. The highest BCUT2D eigenvalue weighted by Gasteiger charge is 2.33. The number of nitrogens with one attached hydrogen (secondary N) is 1. The molecule has 1 N–H and O–H groups in total. The lowest BCUT2D eigenvalue weighted by atomic mass is 10.1. The lowest BCUT2D eigenvalue weighted by Gasteiger charge is -2.33. The quantitative estimate of drug-likeness (QED) is 0.586. The van der Waals surface area contributed by atoms with E-state index < -0.39 is 6.04 Å². The van der Waals surface area contributed by atoms with Crippen molar-refractivity contribution in [3.63, 3.8) is 0 Å². The number of carbonyl (C=O) groups is 2. The zero-order valence-electron chi connectivity index (χ0n) is 18.3. The number of hydrogen-bond donors (Lipinski definition) is 1. The van der Waals surface area contributed by atoms with Crippen LogP contribution in [0.5, 0.6) is 5.75 Å². The Bertz CT molecular complexity index is 1130. The number of hydrogen-bond acceptors (Lipinski definition) is 6. The Kier molecular flexibility index (Phi) is 6.53. The first-order valence-corrected chi connectivity index (χ1v) is 11.2. The summed E-state index contributed by atoms with van der Waals surface area (Å²) in [5.41, 5.74) is 4.04. The predicted molar refractivity (Wildman–Crippen MR) is 125 cm³/mol. The molecule has 0 aliphatic carbocycles. The van der Waals surface area contributed by atoms with Crippen molar-refractivity contribution in [3.05, 3.63) is 58.4 Å². The molecular weight excluding hydrogens is 426 g/mol. The lowest BCUT2D eigenvalue weighted by molar-refractivity contribution is -0.125. The Hall–Kier alpha value is -3.23. The average Bonchev–Trinajstić information content (AvgIpc) is 3.27. The number of thiazole rings is 1. The monoisotopic (exact) mass is 451 g/mol. The average molecular weight is 452 g/mol. The summed E-state index contributed by atoms with van der Waals surface area (Å²) >= 11 is 1.57. The molecule has 0 spiro atoms. The molecule has 2 amide bonds. The predicted octanol–water partition coefficient (Wildman–Crippen LogP) is 4.06. The topological polar surface area (TPSA) is 80.8 Å². The summed E-state index contributed by atoms with van der Waals surface area (Å²) in [6.45, 7) is 4.21. The second kappa shape index (κ2) is 9.50. The normalized spacial score (nSPS) is 14.0. The van der Waals surface area contributed by atoms with E-state index in [2.05, 4.69) is 10.3 Å². The number of rotatable bonds is 7. The van der Waals surface area contributed by atoms with Crippen LogP contribution in [0.15, 0.2) is 47.8 Å². The summed E-state index contributed by atoms with van der Waals surface area (Å²) in [7, 11) is 1.67. The minimum atomic E-state index is -0.714. The van der Waals surface area contributed by atoms with Crippen LogP contribution in [0, 0.1) is 6.92 Å². The maximum absolute atomic E-state index is 12.9. The van der Waals surface area contributed by atoms with Gasteiger partial charge in [-0.15, -0.1) is 11.3 Å². The van der Waals surface area contributed by atoms with E-state index in [0.717, 1.165) is 28.2 Å². The molecule has 0 radical (unpaired) electrons. The number of aromatic nitrogens is 1. The summed E-state index contributed by atoms with van der Waals surface area (Å²) < 4.78 is 10.7. The number of nitrogens with zero attached hydrogens (tertiary/aromatic N) is 2. The highest BCUT2D eigenvalue weighted by Crippen LogP contribution is 2.37. The molecule has 1 unspecified atom stereocenters. The summed E-state index contributed by atoms with van der Waals surface area (Å²) in [6.07, 6.45) is 0.746. The fraction of sp³-hybridized carbons (Fsp3) is 0.292. The van der Waals surface area contributed by atoms with Crippen molar-refractivity contribution in [2.45, 2.75) is 26.3 Å². The first-order chi connectivity index (χ1) is 15.5. The van der Waals surface area contributed by atoms with Crippen molar-refractivity contribution < 1.29 is 19.1 Å². The molecule has 4 rings (SSSR count). The molecule has 1 atom stereocenters. The molecule has 1 aliphatic rings. The molecule has 0 fully saturated rings. The molecule has 8 heteroatoms. The largest absolute Gasteiger partial charge is 0.482 e. The van der Waals surface area contributed by atoms with Crippen LogP contribution in [0.2, 0.25) is 0 Å². The smallest absolute Gasteiger partial charge is 0.265 e. The Morgan fingerprint density at radius 1 is 1.28 bits per heavy atom. The van der Waals surface area contributed by atoms with Gasteiger partial charge in [-0.1, -0.05) is 17.7 Å². The number of anilines is 2. The van der Waals surface area contributed by atoms with Crippen LogP contribution in [0.3, 0.4) is 0 Å². The van der Waals surface area contributed by atoms with Gasteiger partial charge in [0.25, 0.3) is 5.91 Å². The second-order valence-corrected chi connectivity index (χ2v) is 8.58. The maximum atomic E-state index is 12.9. The van der Waals surface area contributed by atoms with Gasteiger partial charge in [-0.05, 0) is 44.2 Å². The number of benzene rings is 2. The van der Waals surface area contributed by atoms with Crippen LogP contribution in [-0.4, -0.2) is 43.2 Å². The highest BCUT2D eigenvalue weighted by atomic mass is 32.1. The maximum Gasteiger partial charge on any atom is 0.265 e. The Labute approximate surface area is 191 Å². The van der Waals surface area contributed by atoms with E-state index in [9.17, 15) is 9.59 Å². The van der Waals surface area contributed by atoms with Gasteiger partial charge in [0, 0.05) is 30.2 Å². The number of amides is 2. The van der Waals surface area contributed by atoms with Crippen LogP contribution < -0.4 is 15.0 Å². The highest BCUT2D eigenvalue weighted by molar-refractivity contribution is 7.09. The van der Waals surface area contributed by atoms with Gasteiger partial charge >= 0.3 is 0 Å². The molecule has 0 saturated carbocycles. The third kappa shape index (κ3) is 4.66. The van der Waals surface area contributed by atoms with Gasteiger partial charge in [0.1, 0.15) is 11.8 Å². The van der Waals surface area contributed by atoms with Crippen LogP contribution in [-0.2, 0) is 20.7 Å². The number of ether oxygens (including phenoxy) is 2.